The van der Waals surface area contributed by atoms with Crippen LogP contribution in [0.2, 0.25) is 0 Å². The summed E-state index contributed by atoms with van der Waals surface area (Å²) < 4.78 is 25.0. The van der Waals surface area contributed by atoms with Crippen LogP contribution >= 0.6 is 0 Å². The lowest BCUT2D eigenvalue weighted by molar-refractivity contribution is 0.0792. The van der Waals surface area contributed by atoms with E-state index in [0.29, 0.717) is 10.5 Å². The van der Waals surface area contributed by atoms with E-state index in [1.54, 1.807) is 24.3 Å². The van der Waals surface area contributed by atoms with E-state index in [4.69, 9.17) is 0 Å². The fraction of sp³-hybridized carbons (Fsp3) is 0.562. The average molecular weight is 307 g/mol. The Hall–Kier alpha value is -1.36. The molecule has 0 atom stereocenters. The van der Waals surface area contributed by atoms with Gasteiger partial charge in [-0.1, -0.05) is 12.8 Å². The van der Waals surface area contributed by atoms with Gasteiger partial charge in [-0.05, 0) is 49.9 Å². The van der Waals surface area contributed by atoms with E-state index in [0.717, 1.165) is 51.6 Å². The molecule has 1 aromatic carbocycles. The second-order valence-corrected chi connectivity index (χ2v) is 8.20. The zero-order chi connectivity index (χ0) is 14.9. The molecule has 3 rings (SSSR count). The largest absolute Gasteiger partial charge is 0.339 e. The van der Waals surface area contributed by atoms with Gasteiger partial charge in [-0.3, -0.25) is 4.79 Å². The molecule has 1 aliphatic carbocycles. The highest BCUT2D eigenvalue weighted by atomic mass is 32.2. The van der Waals surface area contributed by atoms with Crippen LogP contribution in [-0.2, 0) is 9.84 Å². The standard InChI is InChI=1S/C16H21NO3S/c18-16(17-11-3-4-12-17)13-7-9-15(10-8-13)21(19,20)14-5-1-2-6-14/h7-10,14H,1-6,11-12H2. The van der Waals surface area contributed by atoms with Crippen LogP contribution in [0.5, 0.6) is 0 Å². The third kappa shape index (κ3) is 2.84. The molecule has 0 unspecified atom stereocenters. The molecule has 1 aromatic rings. The van der Waals surface area contributed by atoms with E-state index in [2.05, 4.69) is 0 Å². The molecule has 2 aliphatic rings. The third-order valence-corrected chi connectivity index (χ3v) is 6.84. The molecular weight excluding hydrogens is 286 g/mol. The van der Waals surface area contributed by atoms with Gasteiger partial charge in [-0.15, -0.1) is 0 Å². The summed E-state index contributed by atoms with van der Waals surface area (Å²) in [5.41, 5.74) is 0.585. The molecule has 0 radical (unpaired) electrons. The van der Waals surface area contributed by atoms with E-state index < -0.39 is 9.84 Å². The van der Waals surface area contributed by atoms with Crippen molar-refractivity contribution in [2.24, 2.45) is 0 Å². The third-order valence-electron chi connectivity index (χ3n) is 4.56. The van der Waals surface area contributed by atoms with Gasteiger partial charge in [-0.2, -0.15) is 0 Å². The summed E-state index contributed by atoms with van der Waals surface area (Å²) in [5.74, 6) is 0.0114. The van der Waals surface area contributed by atoms with Crippen molar-refractivity contribution in [1.82, 2.24) is 4.90 Å². The highest BCUT2D eigenvalue weighted by Gasteiger charge is 2.30. The molecule has 1 heterocycles. The Labute approximate surface area is 126 Å². The number of sulfone groups is 1. The summed E-state index contributed by atoms with van der Waals surface area (Å²) in [6, 6.07) is 6.50. The summed E-state index contributed by atoms with van der Waals surface area (Å²) >= 11 is 0. The number of hydrogen-bond acceptors (Lipinski definition) is 3. The van der Waals surface area contributed by atoms with Gasteiger partial charge in [0, 0.05) is 18.7 Å². The van der Waals surface area contributed by atoms with Gasteiger partial charge in [0.25, 0.3) is 5.91 Å². The second-order valence-electron chi connectivity index (χ2n) is 5.98. The maximum atomic E-state index is 12.5. The number of rotatable bonds is 3. The summed E-state index contributed by atoms with van der Waals surface area (Å²) in [5, 5.41) is -0.238. The van der Waals surface area contributed by atoms with Gasteiger partial charge in [0.1, 0.15) is 0 Å². The van der Waals surface area contributed by atoms with Crippen LogP contribution in [0, 0.1) is 0 Å². The Morgan fingerprint density at radius 1 is 0.952 bits per heavy atom. The van der Waals surface area contributed by atoms with Crippen LogP contribution in [0.1, 0.15) is 48.9 Å². The normalized spacial score (nSPS) is 20.1. The van der Waals surface area contributed by atoms with E-state index in [1.165, 1.54) is 0 Å². The van der Waals surface area contributed by atoms with Gasteiger partial charge < -0.3 is 4.90 Å². The van der Waals surface area contributed by atoms with Crippen molar-refractivity contribution in [1.29, 1.82) is 0 Å². The molecule has 0 bridgehead atoms. The summed E-state index contributed by atoms with van der Waals surface area (Å²) in [4.78, 5) is 14.4. The number of carbonyl (C=O) groups excluding carboxylic acids is 1. The Bertz CT molecular complexity index is 609. The highest BCUT2D eigenvalue weighted by Crippen LogP contribution is 2.29. The lowest BCUT2D eigenvalue weighted by Gasteiger charge is -2.16. The monoisotopic (exact) mass is 307 g/mol. The Balaban J connectivity index is 1.78. The molecule has 1 amide bonds. The second kappa shape index (κ2) is 5.79. The molecule has 0 aromatic heterocycles. The molecule has 4 nitrogen and oxygen atoms in total. The molecule has 21 heavy (non-hydrogen) atoms. The molecule has 0 spiro atoms. The fourth-order valence-corrected chi connectivity index (χ4v) is 5.14. The van der Waals surface area contributed by atoms with Crippen molar-refractivity contribution >= 4 is 15.7 Å². The summed E-state index contributed by atoms with van der Waals surface area (Å²) in [7, 11) is -3.23. The lowest BCUT2D eigenvalue weighted by Crippen LogP contribution is -2.27. The maximum Gasteiger partial charge on any atom is 0.253 e. The van der Waals surface area contributed by atoms with Gasteiger partial charge in [0.15, 0.2) is 9.84 Å². The first-order valence-corrected chi connectivity index (χ1v) is 9.27. The van der Waals surface area contributed by atoms with Crippen LogP contribution < -0.4 is 0 Å². The first kappa shape index (κ1) is 14.6. The Morgan fingerprint density at radius 3 is 2.10 bits per heavy atom. The van der Waals surface area contributed by atoms with Crippen LogP contribution in [-0.4, -0.2) is 37.6 Å². The van der Waals surface area contributed by atoms with Crippen molar-refractivity contribution in [3.63, 3.8) is 0 Å². The van der Waals surface area contributed by atoms with Gasteiger partial charge in [0.05, 0.1) is 10.1 Å². The minimum absolute atomic E-state index is 0.0114. The first-order valence-electron chi connectivity index (χ1n) is 7.72. The average Bonchev–Trinajstić information content (AvgIpc) is 3.19. The highest BCUT2D eigenvalue weighted by molar-refractivity contribution is 7.92. The molecule has 1 saturated heterocycles. The number of likely N-dealkylation sites (tertiary alicyclic amines) is 1. The van der Waals surface area contributed by atoms with Crippen molar-refractivity contribution in [2.45, 2.75) is 48.7 Å². The molecule has 1 aliphatic heterocycles. The zero-order valence-electron chi connectivity index (χ0n) is 12.1. The number of nitrogens with zero attached hydrogens (tertiary/aromatic N) is 1. The number of hydrogen-bond donors (Lipinski definition) is 0. The topological polar surface area (TPSA) is 54.5 Å². The molecule has 1 saturated carbocycles. The minimum Gasteiger partial charge on any atom is -0.339 e. The van der Waals surface area contributed by atoms with Crippen LogP contribution in [0.15, 0.2) is 29.2 Å². The number of carbonyl (C=O) groups is 1. The van der Waals surface area contributed by atoms with E-state index >= 15 is 0 Å². The first-order chi connectivity index (χ1) is 10.1. The smallest absolute Gasteiger partial charge is 0.253 e. The van der Waals surface area contributed by atoms with Gasteiger partial charge >= 0.3 is 0 Å². The van der Waals surface area contributed by atoms with Gasteiger partial charge in [0.2, 0.25) is 0 Å². The number of benzene rings is 1. The molecular formula is C16H21NO3S. The maximum absolute atomic E-state index is 12.5. The lowest BCUT2D eigenvalue weighted by atomic mass is 10.2. The minimum atomic E-state index is -3.23. The molecule has 2 fully saturated rings. The summed E-state index contributed by atoms with van der Waals surface area (Å²) in [6.45, 7) is 1.61. The fourth-order valence-electron chi connectivity index (χ4n) is 3.28. The van der Waals surface area contributed by atoms with Crippen molar-refractivity contribution in [3.05, 3.63) is 29.8 Å². The molecule has 0 N–H and O–H groups in total. The van der Waals surface area contributed by atoms with E-state index in [1.807, 2.05) is 4.90 Å². The Morgan fingerprint density at radius 2 is 1.52 bits per heavy atom. The van der Waals surface area contributed by atoms with Crippen LogP contribution in [0.25, 0.3) is 0 Å². The van der Waals surface area contributed by atoms with Crippen molar-refractivity contribution < 1.29 is 13.2 Å². The predicted octanol–water partition coefficient (Wildman–Crippen LogP) is 2.64. The van der Waals surface area contributed by atoms with E-state index in [9.17, 15) is 13.2 Å². The van der Waals surface area contributed by atoms with Crippen molar-refractivity contribution in [3.8, 4) is 0 Å². The zero-order valence-corrected chi connectivity index (χ0v) is 12.9. The molecule has 5 heteroatoms. The molecule has 114 valence electrons. The SMILES string of the molecule is O=C(c1ccc(S(=O)(=O)C2CCCC2)cc1)N1CCCC1. The summed E-state index contributed by atoms with van der Waals surface area (Å²) in [6.07, 6.45) is 5.62. The Kier molecular flexibility index (Phi) is 4.02. The van der Waals surface area contributed by atoms with Crippen LogP contribution in [0.3, 0.4) is 0 Å². The van der Waals surface area contributed by atoms with Crippen LogP contribution in [0.4, 0.5) is 0 Å². The quantitative estimate of drug-likeness (QED) is 0.862. The van der Waals surface area contributed by atoms with Gasteiger partial charge in [-0.25, -0.2) is 8.42 Å². The van der Waals surface area contributed by atoms with E-state index in [-0.39, 0.29) is 11.2 Å². The predicted molar refractivity (Wildman–Crippen MR) is 81.0 cm³/mol. The van der Waals surface area contributed by atoms with Crippen molar-refractivity contribution in [2.75, 3.05) is 13.1 Å². The number of amides is 1.